The van der Waals surface area contributed by atoms with Gasteiger partial charge in [-0.2, -0.15) is 0 Å². The van der Waals surface area contributed by atoms with Crippen molar-refractivity contribution in [2.45, 2.75) is 0 Å². The molecule has 0 fully saturated rings. The Morgan fingerprint density at radius 3 is 2.04 bits per heavy atom. The number of hydrogen-bond acceptors (Lipinski definition) is 0. The molecule has 4 rings (SSSR count). The van der Waals surface area contributed by atoms with Crippen molar-refractivity contribution in [1.82, 2.24) is 0 Å². The average molecular weight is 363 g/mol. The summed E-state index contributed by atoms with van der Waals surface area (Å²) in [5.74, 6) is 0. The predicted octanol–water partition coefficient (Wildman–Crippen LogP) is 6.94. The lowest BCUT2D eigenvalue weighted by molar-refractivity contribution is 1.59. The van der Waals surface area contributed by atoms with Gasteiger partial charge in [0.25, 0.3) is 0 Å². The lowest BCUT2D eigenvalue weighted by atomic mass is 9.96. The third-order valence-corrected chi connectivity index (χ3v) is 4.27. The molecule has 0 N–H and O–H groups in total. The van der Waals surface area contributed by atoms with E-state index in [4.69, 9.17) is 5.48 Å². The van der Waals surface area contributed by atoms with Crippen molar-refractivity contribution in [2.24, 2.45) is 0 Å². The molecule has 0 radical (unpaired) electrons. The highest BCUT2D eigenvalue weighted by Crippen LogP contribution is 2.30. The Balaban J connectivity index is 1.85. The van der Waals surface area contributed by atoms with Crippen LogP contribution in [0.1, 0.15) is 5.48 Å². The molecule has 110 valence electrons. The zero-order valence-corrected chi connectivity index (χ0v) is 13.8. The molecule has 23 heavy (non-hydrogen) atoms. The van der Waals surface area contributed by atoms with Gasteiger partial charge in [0.2, 0.25) is 0 Å². The first-order valence-corrected chi connectivity index (χ1v) is 8.12. The van der Waals surface area contributed by atoms with Crippen LogP contribution in [0.4, 0.5) is 0 Å². The van der Waals surface area contributed by atoms with Crippen LogP contribution in [-0.2, 0) is 0 Å². The van der Waals surface area contributed by atoms with Gasteiger partial charge in [0.1, 0.15) is 0 Å². The molecular weight excluding hydrogens is 344 g/mol. The molecule has 0 amide bonds. The third kappa shape index (κ3) is 2.80. The fraction of sp³-hybridized carbons (Fsp3) is 0. The summed E-state index contributed by atoms with van der Waals surface area (Å²) in [6.45, 7) is 0. The van der Waals surface area contributed by atoms with Crippen molar-refractivity contribution in [3.8, 4) is 22.3 Å². The maximum absolute atomic E-state index is 8.22. The molecule has 0 saturated heterocycles. The molecule has 4 aromatic rings. The lowest BCUT2D eigenvalue weighted by Gasteiger charge is -2.08. The normalized spacial score (nSPS) is 13.3. The molecule has 0 bridgehead atoms. The van der Waals surface area contributed by atoms with Crippen LogP contribution >= 0.6 is 15.9 Å². The molecule has 0 saturated carbocycles. The topological polar surface area (TPSA) is 0 Å². The summed E-state index contributed by atoms with van der Waals surface area (Å²) in [6.07, 6.45) is 0. The largest absolute Gasteiger partial charge is 0.0635 e. The van der Waals surface area contributed by atoms with E-state index in [1.165, 1.54) is 10.8 Å². The van der Waals surface area contributed by atoms with Crippen molar-refractivity contribution in [3.05, 3.63) is 95.4 Å². The zero-order chi connectivity index (χ0) is 19.1. The van der Waals surface area contributed by atoms with Gasteiger partial charge in [0, 0.05) is 4.47 Å². The van der Waals surface area contributed by atoms with E-state index < -0.39 is 0 Å². The van der Waals surface area contributed by atoms with Crippen LogP contribution < -0.4 is 0 Å². The Morgan fingerprint density at radius 1 is 0.609 bits per heavy atom. The van der Waals surface area contributed by atoms with E-state index in [-0.39, 0.29) is 28.6 Å². The predicted molar refractivity (Wildman–Crippen MR) is 103 cm³/mol. The van der Waals surface area contributed by atoms with Crippen molar-refractivity contribution in [1.29, 1.82) is 0 Å². The van der Waals surface area contributed by atoms with Gasteiger partial charge in [-0.3, -0.25) is 0 Å². The molecule has 0 aliphatic rings. The Bertz CT molecular complexity index is 1130. The molecule has 0 heterocycles. The van der Waals surface area contributed by atoms with E-state index in [0.717, 1.165) is 11.1 Å². The van der Waals surface area contributed by atoms with E-state index in [1.54, 1.807) is 0 Å². The van der Waals surface area contributed by atoms with Crippen molar-refractivity contribution >= 4 is 26.7 Å². The van der Waals surface area contributed by atoms with Crippen LogP contribution in [0.3, 0.4) is 0 Å². The van der Waals surface area contributed by atoms with Gasteiger partial charge in [-0.25, -0.2) is 0 Å². The summed E-state index contributed by atoms with van der Waals surface area (Å²) in [5.41, 5.74) is 3.15. The molecule has 1 heteroatoms. The van der Waals surface area contributed by atoms with Crippen molar-refractivity contribution in [2.75, 3.05) is 0 Å². The summed E-state index contributed by atoms with van der Waals surface area (Å²) in [5, 5.41) is 2.34. The molecule has 0 nitrogen and oxygen atoms in total. The quantitative estimate of drug-likeness (QED) is 0.362. The van der Waals surface area contributed by atoms with Crippen LogP contribution in [0.15, 0.2) is 95.4 Å². The van der Waals surface area contributed by atoms with Crippen molar-refractivity contribution < 1.29 is 5.48 Å². The second-order valence-electron chi connectivity index (χ2n) is 5.29. The summed E-state index contributed by atoms with van der Waals surface area (Å²) in [4.78, 5) is 0. The fourth-order valence-electron chi connectivity index (χ4n) is 2.74. The standard InChI is InChI=1S/C22H15Br/c23-20-14-12-17(13-15-20)16-8-10-19(11-9-16)22-7-3-5-18-4-1-2-6-21(18)22/h1-15H/i12D,13D,14D,15D. The molecule has 0 aromatic heterocycles. The SMILES string of the molecule is [2H]c1c([2H])c(-c2ccc(-c3cccc4ccccc34)cc2)c([2H])c([2H])c1Br. The van der Waals surface area contributed by atoms with E-state index >= 15 is 0 Å². The minimum Gasteiger partial charge on any atom is -0.0616 e. The Morgan fingerprint density at radius 2 is 1.26 bits per heavy atom. The maximum Gasteiger partial charge on any atom is 0.0635 e. The molecule has 0 aliphatic carbocycles. The minimum absolute atomic E-state index is 0.0409. The monoisotopic (exact) mass is 362 g/mol. The van der Waals surface area contributed by atoms with Crippen molar-refractivity contribution in [3.63, 3.8) is 0 Å². The van der Waals surface area contributed by atoms with Gasteiger partial charge in [-0.15, -0.1) is 0 Å². The number of hydrogen-bond donors (Lipinski definition) is 0. The Kier molecular flexibility index (Phi) is 2.72. The van der Waals surface area contributed by atoms with E-state index in [2.05, 4.69) is 40.2 Å². The highest BCUT2D eigenvalue weighted by Gasteiger charge is 2.04. The summed E-state index contributed by atoms with van der Waals surface area (Å²) in [6, 6.07) is 21.8. The number of rotatable bonds is 2. The van der Waals surface area contributed by atoms with Gasteiger partial charge in [-0.05, 0) is 45.1 Å². The second kappa shape index (κ2) is 6.02. The molecule has 0 unspecified atom stereocenters. The summed E-state index contributed by atoms with van der Waals surface area (Å²) >= 11 is 3.14. The van der Waals surface area contributed by atoms with Crippen LogP contribution in [0, 0.1) is 0 Å². The lowest BCUT2D eigenvalue weighted by Crippen LogP contribution is -1.82. The third-order valence-electron chi connectivity index (χ3n) is 3.87. The first kappa shape index (κ1) is 10.4. The van der Waals surface area contributed by atoms with Crippen LogP contribution in [0.25, 0.3) is 33.0 Å². The Hall–Kier alpha value is -2.38. The van der Waals surface area contributed by atoms with Crippen LogP contribution in [0.5, 0.6) is 0 Å². The zero-order valence-electron chi connectivity index (χ0n) is 16.2. The summed E-state index contributed by atoms with van der Waals surface area (Å²) < 4.78 is 32.6. The highest BCUT2D eigenvalue weighted by molar-refractivity contribution is 9.10. The minimum atomic E-state index is -0.0656. The molecule has 4 aromatic carbocycles. The first-order chi connectivity index (χ1) is 13.0. The summed E-state index contributed by atoms with van der Waals surface area (Å²) in [7, 11) is 0. The van der Waals surface area contributed by atoms with Gasteiger partial charge < -0.3 is 0 Å². The molecule has 0 aliphatic heterocycles. The van der Waals surface area contributed by atoms with Gasteiger partial charge in [-0.1, -0.05) is 94.7 Å². The number of fused-ring (bicyclic) bond motifs is 1. The van der Waals surface area contributed by atoms with Crippen LogP contribution in [-0.4, -0.2) is 0 Å². The molecule has 0 atom stereocenters. The van der Waals surface area contributed by atoms with E-state index in [0.29, 0.717) is 11.1 Å². The van der Waals surface area contributed by atoms with E-state index in [9.17, 15) is 0 Å². The fourth-order valence-corrected chi connectivity index (χ4v) is 2.93. The van der Waals surface area contributed by atoms with Gasteiger partial charge in [0.05, 0.1) is 5.48 Å². The maximum atomic E-state index is 8.22. The molecular formula is C22H15Br. The van der Waals surface area contributed by atoms with Gasteiger partial charge in [0.15, 0.2) is 0 Å². The molecule has 0 spiro atoms. The second-order valence-corrected chi connectivity index (χ2v) is 6.09. The Labute approximate surface area is 150 Å². The highest BCUT2D eigenvalue weighted by atomic mass is 79.9. The van der Waals surface area contributed by atoms with Gasteiger partial charge >= 0.3 is 0 Å². The van der Waals surface area contributed by atoms with E-state index in [1.807, 2.05) is 42.5 Å². The number of halogens is 1. The average Bonchev–Trinajstić information content (AvgIpc) is 2.71. The van der Waals surface area contributed by atoms with Crippen LogP contribution in [0.2, 0.25) is 0 Å². The smallest absolute Gasteiger partial charge is 0.0616 e. The number of benzene rings is 4. The first-order valence-electron chi connectivity index (χ1n) is 9.33.